The SMILES string of the molecule is CC1(C)c2ccccc2-c2ccc(-c3ccccc3N(c3ccccc3C3CCC=C4C=CC=C(c5ccccc5)C43C)c3cccc4c3-c3ccccc3C4(C)C)cc21. The zero-order chi connectivity index (χ0) is 40.8. The van der Waals surface area contributed by atoms with Gasteiger partial charge in [-0.2, -0.15) is 0 Å². The van der Waals surface area contributed by atoms with Crippen molar-refractivity contribution < 1.29 is 0 Å². The van der Waals surface area contributed by atoms with Crippen LogP contribution in [-0.2, 0) is 10.8 Å². The number of allylic oxidation sites excluding steroid dienone is 6. The molecule has 0 saturated heterocycles. The fourth-order valence-electron chi connectivity index (χ4n) is 11.7. The van der Waals surface area contributed by atoms with Gasteiger partial charge in [-0.25, -0.2) is 0 Å². The van der Waals surface area contributed by atoms with Gasteiger partial charge >= 0.3 is 0 Å². The van der Waals surface area contributed by atoms with Crippen LogP contribution in [-0.4, -0.2) is 0 Å². The van der Waals surface area contributed by atoms with Gasteiger partial charge in [0.25, 0.3) is 0 Å². The van der Waals surface area contributed by atoms with Crippen LogP contribution < -0.4 is 4.90 Å². The smallest absolute Gasteiger partial charge is 0.0543 e. The first-order valence-corrected chi connectivity index (χ1v) is 21.8. The lowest BCUT2D eigenvalue weighted by molar-refractivity contribution is 0.381. The van der Waals surface area contributed by atoms with E-state index in [0.29, 0.717) is 0 Å². The van der Waals surface area contributed by atoms with Gasteiger partial charge in [-0.05, 0) is 110 Å². The number of anilines is 3. The van der Waals surface area contributed by atoms with Crippen molar-refractivity contribution in [3.8, 4) is 33.4 Å². The molecular weight excluding hydrogens is 723 g/mol. The van der Waals surface area contributed by atoms with Crippen LogP contribution in [0.1, 0.15) is 86.8 Å². The van der Waals surface area contributed by atoms with Crippen molar-refractivity contribution >= 4 is 22.6 Å². The van der Waals surface area contributed by atoms with Gasteiger partial charge < -0.3 is 4.90 Å². The van der Waals surface area contributed by atoms with Gasteiger partial charge in [0.15, 0.2) is 0 Å². The third kappa shape index (κ3) is 5.24. The average Bonchev–Trinajstić information content (AvgIpc) is 3.66. The molecule has 0 aromatic heterocycles. The Morgan fingerprint density at radius 2 is 1.08 bits per heavy atom. The summed E-state index contributed by atoms with van der Waals surface area (Å²) in [6.45, 7) is 12.1. The third-order valence-corrected chi connectivity index (χ3v) is 14.7. The molecule has 0 amide bonds. The molecule has 7 aromatic carbocycles. The molecule has 292 valence electrons. The van der Waals surface area contributed by atoms with Crippen molar-refractivity contribution in [3.63, 3.8) is 0 Å². The summed E-state index contributed by atoms with van der Waals surface area (Å²) in [6, 6.07) is 61.8. The molecule has 4 aliphatic rings. The lowest BCUT2D eigenvalue weighted by atomic mass is 9.57. The molecule has 60 heavy (non-hydrogen) atoms. The van der Waals surface area contributed by atoms with Crippen LogP contribution in [0.3, 0.4) is 0 Å². The predicted octanol–water partition coefficient (Wildman–Crippen LogP) is 15.9. The Hall–Kier alpha value is -6.44. The predicted molar refractivity (Wildman–Crippen MR) is 253 cm³/mol. The van der Waals surface area contributed by atoms with Crippen LogP contribution in [0, 0.1) is 5.41 Å². The van der Waals surface area contributed by atoms with Crippen LogP contribution in [0.5, 0.6) is 0 Å². The van der Waals surface area contributed by atoms with Gasteiger partial charge in [0.2, 0.25) is 0 Å². The first-order valence-electron chi connectivity index (χ1n) is 21.8. The van der Waals surface area contributed by atoms with E-state index in [1.165, 1.54) is 95.0 Å². The average molecular weight is 774 g/mol. The van der Waals surface area contributed by atoms with Crippen molar-refractivity contribution in [2.45, 2.75) is 64.2 Å². The van der Waals surface area contributed by atoms with Crippen molar-refractivity contribution in [2.75, 3.05) is 4.90 Å². The first-order chi connectivity index (χ1) is 29.2. The number of nitrogens with zero attached hydrogens (tertiary/aromatic N) is 1. The molecule has 11 rings (SSSR count). The van der Waals surface area contributed by atoms with E-state index in [4.69, 9.17) is 0 Å². The van der Waals surface area contributed by atoms with Gasteiger partial charge in [0.05, 0.1) is 11.4 Å². The zero-order valence-corrected chi connectivity index (χ0v) is 35.3. The molecule has 1 heteroatoms. The molecule has 7 aromatic rings. The number of benzene rings is 7. The Labute approximate surface area is 356 Å². The van der Waals surface area contributed by atoms with Gasteiger partial charge in [-0.1, -0.05) is 198 Å². The molecule has 0 aliphatic heterocycles. The maximum atomic E-state index is 2.64. The van der Waals surface area contributed by atoms with E-state index < -0.39 is 0 Å². The molecule has 2 unspecified atom stereocenters. The standard InChI is InChI=1S/C59H51N/c1-57(2)49-29-14-10-27-46(49)56-51(57)32-19-35-55(56)60(53-33-15-11-24-42(53)40-36-37-44-43-25-9-13-28-48(43)58(3,4)52(44)38-40)54-34-16-12-26-45(54)50-31-18-23-41-22-17-30-47(59(41,50)5)39-20-7-6-8-21-39/h6-17,19-30,32-38,50H,18,31H2,1-5H3. The Morgan fingerprint density at radius 3 is 1.88 bits per heavy atom. The monoisotopic (exact) mass is 773 g/mol. The second-order valence-electron chi connectivity index (χ2n) is 18.5. The lowest BCUT2D eigenvalue weighted by Crippen LogP contribution is -2.33. The van der Waals surface area contributed by atoms with E-state index in [-0.39, 0.29) is 22.2 Å². The molecule has 0 N–H and O–H groups in total. The van der Waals surface area contributed by atoms with Gasteiger partial charge in [0.1, 0.15) is 0 Å². The summed E-state index contributed by atoms with van der Waals surface area (Å²) in [5.74, 6) is 0.236. The third-order valence-electron chi connectivity index (χ3n) is 14.7. The summed E-state index contributed by atoms with van der Waals surface area (Å²) < 4.78 is 0. The molecular formula is C59H51N. The highest BCUT2D eigenvalue weighted by atomic mass is 15.2. The Kier molecular flexibility index (Phi) is 8.27. The molecule has 0 spiro atoms. The van der Waals surface area contributed by atoms with Crippen LogP contribution in [0.15, 0.2) is 194 Å². The quantitative estimate of drug-likeness (QED) is 0.163. The Bertz CT molecular complexity index is 2950. The summed E-state index contributed by atoms with van der Waals surface area (Å²) in [7, 11) is 0. The van der Waals surface area contributed by atoms with E-state index in [2.05, 4.69) is 228 Å². The molecule has 1 nitrogen and oxygen atoms in total. The molecule has 4 aliphatic carbocycles. The highest BCUT2D eigenvalue weighted by Crippen LogP contribution is 2.61. The second-order valence-corrected chi connectivity index (χ2v) is 18.5. The van der Waals surface area contributed by atoms with E-state index >= 15 is 0 Å². The zero-order valence-electron chi connectivity index (χ0n) is 35.3. The number of fused-ring (bicyclic) bond motifs is 7. The number of para-hydroxylation sites is 2. The molecule has 0 saturated carbocycles. The van der Waals surface area contributed by atoms with E-state index in [1.54, 1.807) is 0 Å². The minimum absolute atomic E-state index is 0.0984. The summed E-state index contributed by atoms with van der Waals surface area (Å²) in [6.07, 6.45) is 11.6. The topological polar surface area (TPSA) is 3.24 Å². The fourth-order valence-corrected chi connectivity index (χ4v) is 11.7. The molecule has 0 bridgehead atoms. The lowest BCUT2D eigenvalue weighted by Gasteiger charge is -2.47. The highest BCUT2D eigenvalue weighted by Gasteiger charge is 2.46. The Morgan fingerprint density at radius 1 is 0.483 bits per heavy atom. The van der Waals surface area contributed by atoms with Gasteiger partial charge in [-0.3, -0.25) is 0 Å². The van der Waals surface area contributed by atoms with Crippen LogP contribution in [0.2, 0.25) is 0 Å². The largest absolute Gasteiger partial charge is 0.309 e. The number of rotatable bonds is 6. The fraction of sp³-hybridized carbons (Fsp3) is 0.186. The normalized spacial score (nSPS) is 19.9. The minimum atomic E-state index is -0.219. The van der Waals surface area contributed by atoms with Crippen LogP contribution >= 0.6 is 0 Å². The summed E-state index contributed by atoms with van der Waals surface area (Å²) >= 11 is 0. The van der Waals surface area contributed by atoms with Crippen molar-refractivity contribution in [2.24, 2.45) is 5.41 Å². The van der Waals surface area contributed by atoms with E-state index in [0.717, 1.165) is 12.8 Å². The summed E-state index contributed by atoms with van der Waals surface area (Å²) in [5, 5.41) is 0. The maximum Gasteiger partial charge on any atom is 0.0543 e. The summed E-state index contributed by atoms with van der Waals surface area (Å²) in [5.41, 5.74) is 22.0. The van der Waals surface area contributed by atoms with Gasteiger partial charge in [-0.15, -0.1) is 0 Å². The summed E-state index contributed by atoms with van der Waals surface area (Å²) in [4.78, 5) is 2.64. The first kappa shape index (κ1) is 36.6. The molecule has 2 atom stereocenters. The minimum Gasteiger partial charge on any atom is -0.309 e. The second kappa shape index (κ2) is 13.5. The highest BCUT2D eigenvalue weighted by molar-refractivity contribution is 5.99. The maximum absolute atomic E-state index is 2.64. The van der Waals surface area contributed by atoms with Gasteiger partial charge in [0, 0.05) is 33.1 Å². The van der Waals surface area contributed by atoms with Crippen molar-refractivity contribution in [1.29, 1.82) is 0 Å². The number of hydrogen-bond acceptors (Lipinski definition) is 1. The Balaban J connectivity index is 1.16. The van der Waals surface area contributed by atoms with Crippen molar-refractivity contribution in [1.82, 2.24) is 0 Å². The number of hydrogen-bond donors (Lipinski definition) is 0. The molecule has 0 radical (unpaired) electrons. The van der Waals surface area contributed by atoms with E-state index in [1.807, 2.05) is 0 Å². The van der Waals surface area contributed by atoms with Crippen molar-refractivity contribution in [3.05, 3.63) is 227 Å². The van der Waals surface area contributed by atoms with Crippen LogP contribution in [0.4, 0.5) is 17.1 Å². The van der Waals surface area contributed by atoms with Crippen LogP contribution in [0.25, 0.3) is 39.0 Å². The molecule has 0 fully saturated rings. The molecule has 0 heterocycles. The van der Waals surface area contributed by atoms with E-state index in [9.17, 15) is 0 Å².